The monoisotopic (exact) mass is 490 g/mol. The Balaban J connectivity index is 1.19. The zero-order chi connectivity index (χ0) is 25.7. The van der Waals surface area contributed by atoms with Gasteiger partial charge in [0.25, 0.3) is 11.8 Å². The highest BCUT2D eigenvalue weighted by Gasteiger charge is 2.38. The number of fused-ring (bicyclic) bond motifs is 2. The normalized spacial score (nSPS) is 17.0. The predicted molar refractivity (Wildman–Crippen MR) is 139 cm³/mol. The SMILES string of the molecule is Cc1cc(OC(=O)[C@@H]2CC(=O)N(c3cccc4ccccc34)C2)ccc1N1C(=O)c2ccccc2C1=O. The van der Waals surface area contributed by atoms with E-state index in [-0.39, 0.29) is 30.7 Å². The highest BCUT2D eigenvalue weighted by molar-refractivity contribution is 6.34. The number of hydrogen-bond acceptors (Lipinski definition) is 5. The smallest absolute Gasteiger partial charge is 0.316 e. The number of nitrogens with zero attached hydrogens (tertiary/aromatic N) is 2. The first-order chi connectivity index (χ1) is 17.9. The van der Waals surface area contributed by atoms with E-state index < -0.39 is 11.9 Å². The van der Waals surface area contributed by atoms with Crippen LogP contribution >= 0.6 is 0 Å². The van der Waals surface area contributed by atoms with Crippen molar-refractivity contribution in [1.82, 2.24) is 0 Å². The Labute approximate surface area is 212 Å². The summed E-state index contributed by atoms with van der Waals surface area (Å²) in [5, 5.41) is 1.97. The summed E-state index contributed by atoms with van der Waals surface area (Å²) >= 11 is 0. The summed E-state index contributed by atoms with van der Waals surface area (Å²) in [5.74, 6) is -1.71. The number of ether oxygens (including phenoxy) is 1. The lowest BCUT2D eigenvalue weighted by atomic mass is 10.1. The quantitative estimate of drug-likeness (QED) is 0.231. The molecule has 0 spiro atoms. The van der Waals surface area contributed by atoms with E-state index in [1.165, 1.54) is 0 Å². The number of carbonyl (C=O) groups is 4. The molecule has 7 heteroatoms. The van der Waals surface area contributed by atoms with Crippen LogP contribution in [0.4, 0.5) is 11.4 Å². The number of hydrogen-bond donors (Lipinski definition) is 0. The molecule has 0 bridgehead atoms. The minimum atomic E-state index is -0.609. The minimum Gasteiger partial charge on any atom is -0.426 e. The Morgan fingerprint density at radius 1 is 0.811 bits per heavy atom. The molecule has 0 unspecified atom stereocenters. The van der Waals surface area contributed by atoms with Gasteiger partial charge in [0.05, 0.1) is 28.4 Å². The molecule has 7 nitrogen and oxygen atoms in total. The number of imide groups is 1. The van der Waals surface area contributed by atoms with Crippen LogP contribution in [0, 0.1) is 12.8 Å². The first kappa shape index (κ1) is 22.7. The zero-order valence-corrected chi connectivity index (χ0v) is 20.0. The molecule has 0 radical (unpaired) electrons. The lowest BCUT2D eigenvalue weighted by molar-refractivity contribution is -0.139. The van der Waals surface area contributed by atoms with Crippen molar-refractivity contribution < 1.29 is 23.9 Å². The van der Waals surface area contributed by atoms with Gasteiger partial charge >= 0.3 is 5.97 Å². The molecule has 0 aliphatic carbocycles. The van der Waals surface area contributed by atoms with Crippen molar-refractivity contribution in [3.8, 4) is 5.75 Å². The molecule has 1 atom stereocenters. The van der Waals surface area contributed by atoms with Crippen molar-refractivity contribution in [2.24, 2.45) is 5.92 Å². The number of amides is 3. The van der Waals surface area contributed by atoms with Crippen molar-refractivity contribution in [1.29, 1.82) is 0 Å². The van der Waals surface area contributed by atoms with Gasteiger partial charge in [0.2, 0.25) is 5.91 Å². The van der Waals surface area contributed by atoms with Gasteiger partial charge in [-0.3, -0.25) is 19.2 Å². The summed E-state index contributed by atoms with van der Waals surface area (Å²) < 4.78 is 5.63. The molecular formula is C30H22N2O5. The third-order valence-electron chi connectivity index (χ3n) is 6.94. The van der Waals surface area contributed by atoms with E-state index in [0.717, 1.165) is 21.4 Å². The highest BCUT2D eigenvalue weighted by Crippen LogP contribution is 2.34. The van der Waals surface area contributed by atoms with Gasteiger partial charge in [0.15, 0.2) is 0 Å². The van der Waals surface area contributed by atoms with Gasteiger partial charge in [0.1, 0.15) is 5.75 Å². The van der Waals surface area contributed by atoms with Gasteiger partial charge in [-0.2, -0.15) is 0 Å². The largest absolute Gasteiger partial charge is 0.426 e. The Morgan fingerprint density at radius 2 is 1.49 bits per heavy atom. The average molecular weight is 491 g/mol. The zero-order valence-electron chi connectivity index (χ0n) is 20.0. The Morgan fingerprint density at radius 3 is 2.22 bits per heavy atom. The summed E-state index contributed by atoms with van der Waals surface area (Å²) in [7, 11) is 0. The van der Waals surface area contributed by atoms with Crippen molar-refractivity contribution in [3.05, 3.63) is 102 Å². The summed E-state index contributed by atoms with van der Waals surface area (Å²) in [6, 6.07) is 25.1. The third kappa shape index (κ3) is 3.76. The second-order valence-corrected chi connectivity index (χ2v) is 9.26. The highest BCUT2D eigenvalue weighted by atomic mass is 16.5. The van der Waals surface area contributed by atoms with Crippen LogP contribution in [0.15, 0.2) is 84.9 Å². The van der Waals surface area contributed by atoms with Crippen molar-refractivity contribution >= 4 is 45.8 Å². The van der Waals surface area contributed by atoms with Crippen molar-refractivity contribution in [2.75, 3.05) is 16.3 Å². The molecule has 2 aliphatic rings. The molecule has 2 heterocycles. The maximum absolute atomic E-state index is 13.0. The van der Waals surface area contributed by atoms with Crippen LogP contribution in [0.3, 0.4) is 0 Å². The van der Waals surface area contributed by atoms with E-state index in [0.29, 0.717) is 28.1 Å². The van der Waals surface area contributed by atoms with Crippen LogP contribution in [-0.2, 0) is 9.59 Å². The lowest BCUT2D eigenvalue weighted by Crippen LogP contribution is -2.30. The van der Waals surface area contributed by atoms with Gasteiger partial charge in [-0.25, -0.2) is 4.90 Å². The number of aryl methyl sites for hydroxylation is 1. The van der Waals surface area contributed by atoms with Crippen molar-refractivity contribution in [2.45, 2.75) is 13.3 Å². The average Bonchev–Trinajstić information content (AvgIpc) is 3.41. The molecule has 0 aromatic heterocycles. The summed E-state index contributed by atoms with van der Waals surface area (Å²) in [5.41, 5.74) is 2.55. The molecule has 3 amide bonds. The third-order valence-corrected chi connectivity index (χ3v) is 6.94. The molecule has 4 aromatic carbocycles. The molecule has 4 aromatic rings. The fourth-order valence-electron chi connectivity index (χ4n) is 5.09. The number of carbonyl (C=O) groups excluding carboxylic acids is 4. The van der Waals surface area contributed by atoms with Crippen LogP contribution in [-0.4, -0.2) is 30.2 Å². The molecular weight excluding hydrogens is 468 g/mol. The van der Waals surface area contributed by atoms with Crippen LogP contribution in [0.5, 0.6) is 5.75 Å². The topological polar surface area (TPSA) is 84.0 Å². The van der Waals surface area contributed by atoms with Crippen LogP contribution in [0.25, 0.3) is 10.8 Å². The molecule has 6 rings (SSSR count). The summed E-state index contributed by atoms with van der Waals surface area (Å²) in [6.45, 7) is 1.98. The van der Waals surface area contributed by atoms with Gasteiger partial charge in [0, 0.05) is 18.4 Å². The first-order valence-corrected chi connectivity index (χ1v) is 12.0. The maximum atomic E-state index is 13.0. The Bertz CT molecular complexity index is 1590. The summed E-state index contributed by atoms with van der Waals surface area (Å²) in [4.78, 5) is 54.3. The Hall–Kier alpha value is -4.78. The van der Waals surface area contributed by atoms with E-state index in [1.807, 2.05) is 42.5 Å². The number of anilines is 2. The molecule has 0 N–H and O–H groups in total. The van der Waals surface area contributed by atoms with E-state index in [4.69, 9.17) is 4.74 Å². The molecule has 1 saturated heterocycles. The second-order valence-electron chi connectivity index (χ2n) is 9.26. The van der Waals surface area contributed by atoms with Gasteiger partial charge < -0.3 is 9.64 Å². The molecule has 0 saturated carbocycles. The minimum absolute atomic E-state index is 0.0637. The summed E-state index contributed by atoms with van der Waals surface area (Å²) in [6.07, 6.45) is 0.0637. The second kappa shape index (κ2) is 8.71. The lowest BCUT2D eigenvalue weighted by Gasteiger charge is -2.19. The van der Waals surface area contributed by atoms with Crippen LogP contribution in [0.2, 0.25) is 0 Å². The Kier molecular flexibility index (Phi) is 5.34. The number of rotatable bonds is 4. The fourth-order valence-corrected chi connectivity index (χ4v) is 5.09. The number of esters is 1. The number of benzene rings is 4. The van der Waals surface area contributed by atoms with E-state index >= 15 is 0 Å². The van der Waals surface area contributed by atoms with Crippen molar-refractivity contribution in [3.63, 3.8) is 0 Å². The molecule has 2 aliphatic heterocycles. The van der Waals surface area contributed by atoms with Gasteiger partial charge in [-0.05, 0) is 54.3 Å². The molecule has 37 heavy (non-hydrogen) atoms. The van der Waals surface area contributed by atoms with Crippen LogP contribution < -0.4 is 14.5 Å². The predicted octanol–water partition coefficient (Wildman–Crippen LogP) is 4.91. The molecule has 182 valence electrons. The maximum Gasteiger partial charge on any atom is 0.316 e. The van der Waals surface area contributed by atoms with E-state index in [1.54, 1.807) is 54.3 Å². The van der Waals surface area contributed by atoms with Gasteiger partial charge in [-0.15, -0.1) is 0 Å². The van der Waals surface area contributed by atoms with Gasteiger partial charge in [-0.1, -0.05) is 48.5 Å². The van der Waals surface area contributed by atoms with E-state index in [9.17, 15) is 19.2 Å². The standard InChI is InChI=1S/C30H22N2O5/c1-18-15-21(13-14-25(18)32-28(34)23-10-4-5-11-24(23)29(32)35)37-30(36)20-16-27(33)31(17-20)26-12-6-8-19-7-2-3-9-22(19)26/h2-15,20H,16-17H2,1H3/t20-/m1/s1. The van der Waals surface area contributed by atoms with Crippen LogP contribution in [0.1, 0.15) is 32.7 Å². The molecule has 1 fully saturated rings. The fraction of sp³-hybridized carbons (Fsp3) is 0.133. The first-order valence-electron chi connectivity index (χ1n) is 12.0. The van der Waals surface area contributed by atoms with E-state index in [2.05, 4.69) is 0 Å².